The highest BCUT2D eigenvalue weighted by atomic mass is 16.7. The summed E-state index contributed by atoms with van der Waals surface area (Å²) in [5.41, 5.74) is 1.66. The van der Waals surface area contributed by atoms with Crippen LogP contribution in [0.3, 0.4) is 0 Å². The van der Waals surface area contributed by atoms with Crippen LogP contribution in [0.2, 0.25) is 0 Å². The van der Waals surface area contributed by atoms with E-state index in [-0.39, 0.29) is 43.3 Å². The van der Waals surface area contributed by atoms with Crippen molar-refractivity contribution in [3.63, 3.8) is 0 Å². The van der Waals surface area contributed by atoms with Gasteiger partial charge in [0.15, 0.2) is 12.6 Å². The molecule has 0 rings (SSSR count). The zero-order valence-corrected chi connectivity index (χ0v) is 30.0. The van der Waals surface area contributed by atoms with Crippen molar-refractivity contribution in [2.45, 2.75) is 84.8 Å². The highest BCUT2D eigenvalue weighted by Gasteiger charge is 2.06. The van der Waals surface area contributed by atoms with E-state index in [0.29, 0.717) is 13.2 Å². The lowest BCUT2D eigenvalue weighted by atomic mass is 10.1. The number of hydrogen-bond donors (Lipinski definition) is 0. The molecule has 0 spiro atoms. The molecule has 0 aliphatic rings. The van der Waals surface area contributed by atoms with E-state index in [2.05, 4.69) is 57.4 Å². The van der Waals surface area contributed by atoms with E-state index in [1.165, 1.54) is 24.5 Å². The van der Waals surface area contributed by atoms with Crippen LogP contribution in [0.15, 0.2) is 100 Å². The Bertz CT molecular complexity index is 990. The fourth-order valence-corrected chi connectivity index (χ4v) is 2.49. The normalized spacial score (nSPS) is 10.3. The molecule has 2 atom stereocenters. The first-order valence-electron chi connectivity index (χ1n) is 15.7. The lowest BCUT2D eigenvalue weighted by Crippen LogP contribution is -2.13. The molecular formula is C38H58O11. The summed E-state index contributed by atoms with van der Waals surface area (Å²) in [7, 11) is 0. The quantitative estimate of drug-likeness (QED) is 0.0190. The number of unbranched alkanes of at least 4 members (excludes halogenated alkanes) is 6. The molecule has 0 amide bonds. The lowest BCUT2D eigenvalue weighted by Gasteiger charge is -2.10. The standard InChI is InChI=1S/C15H24O4.2C8H12O2.C7H10O3/c1-3-14(16)18-12-10-8-6-5-7-9-11-13-19-15(17)4-2;2*1-5-8(9)10-7(4)6(2)3;1-3-7(8)5-10-6-9-4-2/h3-4H,1-2,5-13H2;2*5,7H,1-2H2,3-4H3;3-4H,1-2,5-6H2. The number of carbonyl (C=O) groups excluding carboxylic acids is 5. The number of ether oxygens (including phenoxy) is 6. The van der Waals surface area contributed by atoms with Gasteiger partial charge in [-0.15, -0.1) is 0 Å². The number of ketones is 1. The average molecular weight is 691 g/mol. The van der Waals surface area contributed by atoms with E-state index in [0.717, 1.165) is 68.2 Å². The summed E-state index contributed by atoms with van der Waals surface area (Å²) in [6.07, 6.45) is 14.0. The van der Waals surface area contributed by atoms with Crippen LogP contribution < -0.4 is 0 Å². The van der Waals surface area contributed by atoms with Gasteiger partial charge in [0.25, 0.3) is 0 Å². The van der Waals surface area contributed by atoms with E-state index in [1.807, 2.05) is 0 Å². The molecule has 49 heavy (non-hydrogen) atoms. The molecule has 0 aromatic carbocycles. The Hall–Kier alpha value is -4.77. The molecule has 2 unspecified atom stereocenters. The lowest BCUT2D eigenvalue weighted by molar-refractivity contribution is -0.141. The third-order valence-electron chi connectivity index (χ3n) is 5.66. The molecule has 0 bridgehead atoms. The second kappa shape index (κ2) is 37.7. The molecule has 11 heteroatoms. The Labute approximate surface area is 293 Å². The molecule has 276 valence electrons. The summed E-state index contributed by atoms with van der Waals surface area (Å²) in [6.45, 7) is 35.2. The summed E-state index contributed by atoms with van der Waals surface area (Å²) < 4.78 is 28.6. The predicted molar refractivity (Wildman–Crippen MR) is 193 cm³/mol. The van der Waals surface area contributed by atoms with Crippen LogP contribution in [0.4, 0.5) is 0 Å². The van der Waals surface area contributed by atoms with Crippen LogP contribution in [0.25, 0.3) is 0 Å². The highest BCUT2D eigenvalue weighted by Crippen LogP contribution is 2.08. The molecule has 11 nitrogen and oxygen atoms in total. The van der Waals surface area contributed by atoms with Crippen LogP contribution in [0.5, 0.6) is 0 Å². The van der Waals surface area contributed by atoms with Gasteiger partial charge in [0.05, 0.1) is 19.5 Å². The topological polar surface area (TPSA) is 141 Å². The summed E-state index contributed by atoms with van der Waals surface area (Å²) in [6, 6.07) is 0. The molecule has 0 saturated carbocycles. The number of esters is 4. The van der Waals surface area contributed by atoms with Crippen molar-refractivity contribution >= 4 is 29.7 Å². The maximum atomic E-state index is 10.7. The van der Waals surface area contributed by atoms with Gasteiger partial charge in [0, 0.05) is 24.3 Å². The maximum Gasteiger partial charge on any atom is 0.330 e. The highest BCUT2D eigenvalue weighted by molar-refractivity contribution is 5.90. The predicted octanol–water partition coefficient (Wildman–Crippen LogP) is 7.41. The van der Waals surface area contributed by atoms with Crippen molar-refractivity contribution in [3.05, 3.63) is 100 Å². The molecule has 0 aliphatic carbocycles. The molecule has 0 aliphatic heterocycles. The summed E-state index contributed by atoms with van der Waals surface area (Å²) in [5.74, 6) is -1.68. The van der Waals surface area contributed by atoms with Crippen LogP contribution in [-0.2, 0) is 52.4 Å². The Morgan fingerprint density at radius 2 is 0.898 bits per heavy atom. The number of hydrogen-bond acceptors (Lipinski definition) is 11. The van der Waals surface area contributed by atoms with Gasteiger partial charge >= 0.3 is 23.9 Å². The van der Waals surface area contributed by atoms with Crippen LogP contribution in [-0.4, -0.2) is 68.5 Å². The van der Waals surface area contributed by atoms with Crippen molar-refractivity contribution in [1.29, 1.82) is 0 Å². The van der Waals surface area contributed by atoms with E-state index >= 15 is 0 Å². The molecule has 0 radical (unpaired) electrons. The zero-order chi connectivity index (χ0) is 38.5. The first-order chi connectivity index (χ1) is 23.2. The molecule has 0 N–H and O–H groups in total. The Morgan fingerprint density at radius 3 is 1.18 bits per heavy atom. The molecule has 0 aromatic rings. The van der Waals surface area contributed by atoms with Gasteiger partial charge in [-0.1, -0.05) is 84.7 Å². The minimum absolute atomic E-state index is 0.0112. The molecule has 0 heterocycles. The van der Waals surface area contributed by atoms with Crippen molar-refractivity contribution in [3.8, 4) is 0 Å². The SMILES string of the molecule is C=CC(=O)OC(C)C(=C)C.C=CC(=O)OC(C)C(=C)C.C=CC(=O)OCCCCCCCCCOC(=O)C=C.C=COCOCC(=O)C=C. The first-order valence-corrected chi connectivity index (χ1v) is 15.7. The molecule has 0 aromatic heterocycles. The van der Waals surface area contributed by atoms with Gasteiger partial charge in [-0.05, 0) is 57.8 Å². The largest absolute Gasteiger partial charge is 0.476 e. The summed E-state index contributed by atoms with van der Waals surface area (Å²) in [4.78, 5) is 53.0. The van der Waals surface area contributed by atoms with E-state index in [4.69, 9.17) is 23.7 Å². The first kappa shape index (κ1) is 51.1. The van der Waals surface area contributed by atoms with Crippen molar-refractivity contribution in [1.82, 2.24) is 0 Å². The third kappa shape index (κ3) is 43.2. The second-order valence-electron chi connectivity index (χ2n) is 9.95. The van der Waals surface area contributed by atoms with Crippen LogP contribution in [0, 0.1) is 0 Å². The fourth-order valence-electron chi connectivity index (χ4n) is 2.49. The van der Waals surface area contributed by atoms with Gasteiger partial charge in [0.2, 0.25) is 0 Å². The van der Waals surface area contributed by atoms with Crippen LogP contribution >= 0.6 is 0 Å². The monoisotopic (exact) mass is 690 g/mol. The summed E-state index contributed by atoms with van der Waals surface area (Å²) in [5, 5.41) is 0. The van der Waals surface area contributed by atoms with Gasteiger partial charge in [0.1, 0.15) is 18.8 Å². The molecular weight excluding hydrogens is 632 g/mol. The van der Waals surface area contributed by atoms with Crippen LogP contribution in [0.1, 0.15) is 72.6 Å². The molecule has 0 fully saturated rings. The summed E-state index contributed by atoms with van der Waals surface area (Å²) >= 11 is 0. The maximum absolute atomic E-state index is 10.7. The third-order valence-corrected chi connectivity index (χ3v) is 5.66. The zero-order valence-electron chi connectivity index (χ0n) is 30.0. The average Bonchev–Trinajstić information content (AvgIpc) is 3.08. The van der Waals surface area contributed by atoms with E-state index < -0.39 is 11.9 Å². The van der Waals surface area contributed by atoms with Crippen molar-refractivity contribution in [2.24, 2.45) is 0 Å². The Balaban J connectivity index is -0.000000291. The number of carbonyl (C=O) groups is 5. The van der Waals surface area contributed by atoms with Gasteiger partial charge in [-0.3, -0.25) is 4.79 Å². The van der Waals surface area contributed by atoms with Crippen molar-refractivity contribution in [2.75, 3.05) is 26.6 Å². The van der Waals surface area contributed by atoms with Crippen molar-refractivity contribution < 1.29 is 52.4 Å². The van der Waals surface area contributed by atoms with E-state index in [9.17, 15) is 24.0 Å². The Morgan fingerprint density at radius 1 is 0.551 bits per heavy atom. The Kier molecular flexibility index (Phi) is 39.3. The fraction of sp³-hybridized carbons (Fsp3) is 0.447. The van der Waals surface area contributed by atoms with Gasteiger partial charge < -0.3 is 28.4 Å². The van der Waals surface area contributed by atoms with E-state index in [1.54, 1.807) is 27.7 Å². The molecule has 0 saturated heterocycles. The van der Waals surface area contributed by atoms with Gasteiger partial charge in [-0.2, -0.15) is 0 Å². The smallest absolute Gasteiger partial charge is 0.330 e. The minimum Gasteiger partial charge on any atom is -0.476 e. The second-order valence-corrected chi connectivity index (χ2v) is 9.95. The van der Waals surface area contributed by atoms with Gasteiger partial charge in [-0.25, -0.2) is 19.2 Å². The minimum atomic E-state index is -0.407. The number of rotatable bonds is 24.